The molecule has 0 saturated heterocycles. The van der Waals surface area contributed by atoms with Gasteiger partial charge < -0.3 is 9.88 Å². The minimum absolute atomic E-state index is 0.401. The SMILES string of the molecule is c1ccc(C2=NC(n3c4ccccc4c4ccccc43)NC(c3ccc(-c4cccc5sc6c(ccc7c(-c8ccccc8)nc8ccccc8c76)c45)cc3)=N2)cc1. The Morgan fingerprint density at radius 1 is 0.466 bits per heavy atom. The fraction of sp³-hybridized carbons (Fsp3) is 0.0192. The molecule has 0 spiro atoms. The van der Waals surface area contributed by atoms with Crippen LogP contribution in [0.3, 0.4) is 0 Å². The van der Waals surface area contributed by atoms with Crippen molar-refractivity contribution in [3.05, 3.63) is 199 Å². The quantitative estimate of drug-likeness (QED) is 0.178. The summed E-state index contributed by atoms with van der Waals surface area (Å²) in [5.74, 6) is 1.48. The maximum atomic E-state index is 5.23. The van der Waals surface area contributed by atoms with Crippen LogP contribution in [0.1, 0.15) is 17.4 Å². The Bertz CT molecular complexity index is 3420. The first-order valence-corrected chi connectivity index (χ1v) is 20.4. The molecule has 1 atom stereocenters. The van der Waals surface area contributed by atoms with Gasteiger partial charge in [0, 0.05) is 63.8 Å². The summed E-state index contributed by atoms with van der Waals surface area (Å²) in [5, 5.41) is 12.3. The van der Waals surface area contributed by atoms with E-state index in [0.29, 0.717) is 5.84 Å². The highest BCUT2D eigenvalue weighted by molar-refractivity contribution is 7.27. The first-order chi connectivity index (χ1) is 28.8. The molecule has 8 aromatic carbocycles. The molecule has 1 aliphatic rings. The normalized spacial score (nSPS) is 14.4. The Hall–Kier alpha value is -7.41. The topological polar surface area (TPSA) is 54.6 Å². The third kappa shape index (κ3) is 5.12. The molecule has 4 heterocycles. The molecule has 0 bridgehead atoms. The Labute approximate surface area is 337 Å². The fourth-order valence-electron chi connectivity index (χ4n) is 8.83. The molecule has 58 heavy (non-hydrogen) atoms. The van der Waals surface area contributed by atoms with Crippen LogP contribution in [-0.2, 0) is 0 Å². The van der Waals surface area contributed by atoms with Crippen molar-refractivity contribution in [3.63, 3.8) is 0 Å². The second-order valence-corrected chi connectivity index (χ2v) is 15.8. The van der Waals surface area contributed by atoms with Gasteiger partial charge in [-0.05, 0) is 35.4 Å². The van der Waals surface area contributed by atoms with Crippen LogP contribution in [0.5, 0.6) is 0 Å². The fourth-order valence-corrected chi connectivity index (χ4v) is 10.1. The van der Waals surface area contributed by atoms with E-state index in [1.165, 1.54) is 52.7 Å². The van der Waals surface area contributed by atoms with Gasteiger partial charge in [0.1, 0.15) is 5.84 Å². The highest BCUT2D eigenvalue weighted by Crippen LogP contribution is 2.46. The summed E-state index contributed by atoms with van der Waals surface area (Å²) in [6.45, 7) is 0. The summed E-state index contributed by atoms with van der Waals surface area (Å²) in [7, 11) is 0. The average Bonchev–Trinajstić information content (AvgIpc) is 3.85. The number of hydrogen-bond donors (Lipinski definition) is 1. The third-order valence-corrected chi connectivity index (χ3v) is 12.7. The second kappa shape index (κ2) is 13.1. The average molecular weight is 760 g/mol. The van der Waals surface area contributed by atoms with Crippen molar-refractivity contribution in [2.75, 3.05) is 0 Å². The lowest BCUT2D eigenvalue weighted by Crippen LogP contribution is -2.36. The van der Waals surface area contributed by atoms with E-state index >= 15 is 0 Å². The Balaban J connectivity index is 0.985. The lowest BCUT2D eigenvalue weighted by Gasteiger charge is -2.26. The van der Waals surface area contributed by atoms with E-state index in [2.05, 4.69) is 180 Å². The zero-order chi connectivity index (χ0) is 38.2. The predicted molar refractivity (Wildman–Crippen MR) is 244 cm³/mol. The monoisotopic (exact) mass is 759 g/mol. The van der Waals surface area contributed by atoms with Gasteiger partial charge in [0.15, 0.2) is 5.84 Å². The molecule has 1 aliphatic heterocycles. The van der Waals surface area contributed by atoms with Crippen molar-refractivity contribution < 1.29 is 0 Å². The van der Waals surface area contributed by atoms with Gasteiger partial charge in [0.2, 0.25) is 6.29 Å². The summed E-state index contributed by atoms with van der Waals surface area (Å²) >= 11 is 1.87. The van der Waals surface area contributed by atoms with Crippen molar-refractivity contribution in [1.29, 1.82) is 0 Å². The number of nitrogens with zero attached hydrogens (tertiary/aromatic N) is 4. The molecular weight excluding hydrogens is 727 g/mol. The molecule has 3 aromatic heterocycles. The minimum Gasteiger partial charge on any atom is -0.331 e. The molecule has 0 fully saturated rings. The number of nitrogens with one attached hydrogen (secondary N) is 1. The number of aliphatic imine (C=N–C) groups is 2. The van der Waals surface area contributed by atoms with Crippen molar-refractivity contribution in [3.8, 4) is 22.4 Å². The van der Waals surface area contributed by atoms with Gasteiger partial charge >= 0.3 is 0 Å². The summed E-state index contributed by atoms with van der Waals surface area (Å²) in [4.78, 5) is 15.6. The number of rotatable bonds is 5. The number of fused-ring (bicyclic) bond motifs is 10. The van der Waals surface area contributed by atoms with Crippen LogP contribution in [0.2, 0.25) is 0 Å². The van der Waals surface area contributed by atoms with Gasteiger partial charge in [-0.3, -0.25) is 0 Å². The standard InChI is InChI=1S/C52H33N5S/c1-3-14-33(15-4-1)48-40-30-31-41-46-36(21-13-25-45(46)58-49(41)47(40)39-20-7-10-22-42(39)53-48)32-26-28-35(29-27-32)51-54-50(34-16-5-2-6-17-34)55-52(56-51)57-43-23-11-8-18-37(43)38-19-9-12-24-44(38)57/h1-31,52H,(H,54,55,56). The smallest absolute Gasteiger partial charge is 0.204 e. The summed E-state index contributed by atoms with van der Waals surface area (Å²) < 4.78 is 4.85. The molecule has 0 amide bonds. The van der Waals surface area contributed by atoms with Crippen LogP contribution in [0.4, 0.5) is 0 Å². The first-order valence-electron chi connectivity index (χ1n) is 19.6. The van der Waals surface area contributed by atoms with Crippen molar-refractivity contribution >= 4 is 86.7 Å². The first kappa shape index (κ1) is 32.8. The highest BCUT2D eigenvalue weighted by atomic mass is 32.1. The van der Waals surface area contributed by atoms with Crippen molar-refractivity contribution in [2.45, 2.75) is 6.29 Å². The number of pyridine rings is 1. The molecule has 11 aromatic rings. The Morgan fingerprint density at radius 2 is 1.09 bits per heavy atom. The Morgan fingerprint density at radius 3 is 1.83 bits per heavy atom. The van der Waals surface area contributed by atoms with E-state index in [1.54, 1.807) is 0 Å². The van der Waals surface area contributed by atoms with Gasteiger partial charge in [-0.2, -0.15) is 0 Å². The number of benzene rings is 8. The molecule has 5 nitrogen and oxygen atoms in total. The van der Waals surface area contributed by atoms with Gasteiger partial charge in [-0.25, -0.2) is 15.0 Å². The van der Waals surface area contributed by atoms with E-state index < -0.39 is 6.29 Å². The van der Waals surface area contributed by atoms with Crippen LogP contribution >= 0.6 is 11.3 Å². The number of aromatic nitrogens is 2. The van der Waals surface area contributed by atoms with Gasteiger partial charge in [-0.1, -0.05) is 164 Å². The Kier molecular flexibility index (Phi) is 7.40. The van der Waals surface area contributed by atoms with Crippen molar-refractivity contribution in [1.82, 2.24) is 14.9 Å². The lowest BCUT2D eigenvalue weighted by atomic mass is 9.95. The number of hydrogen-bond acceptors (Lipinski definition) is 5. The predicted octanol–water partition coefficient (Wildman–Crippen LogP) is 13.2. The maximum absolute atomic E-state index is 5.23. The number of amidine groups is 2. The van der Waals surface area contributed by atoms with Crippen LogP contribution < -0.4 is 5.32 Å². The summed E-state index contributed by atoms with van der Waals surface area (Å²) in [6, 6.07) is 66.6. The number of para-hydroxylation sites is 3. The molecule has 1 unspecified atom stereocenters. The maximum Gasteiger partial charge on any atom is 0.204 e. The van der Waals surface area contributed by atoms with E-state index in [1.807, 2.05) is 29.5 Å². The van der Waals surface area contributed by atoms with Crippen LogP contribution in [0, 0.1) is 0 Å². The molecule has 6 heteroatoms. The summed E-state index contributed by atoms with van der Waals surface area (Å²) in [5.41, 5.74) is 9.75. The van der Waals surface area contributed by atoms with E-state index in [4.69, 9.17) is 15.0 Å². The second-order valence-electron chi connectivity index (χ2n) is 14.8. The zero-order valence-electron chi connectivity index (χ0n) is 31.2. The van der Waals surface area contributed by atoms with E-state index in [9.17, 15) is 0 Å². The molecular formula is C52H33N5S. The zero-order valence-corrected chi connectivity index (χ0v) is 32.0. The van der Waals surface area contributed by atoms with Crippen LogP contribution in [-0.4, -0.2) is 21.2 Å². The van der Waals surface area contributed by atoms with Gasteiger partial charge in [0.05, 0.1) is 22.2 Å². The van der Waals surface area contributed by atoms with E-state index in [-0.39, 0.29) is 0 Å². The van der Waals surface area contributed by atoms with Gasteiger partial charge in [0.25, 0.3) is 0 Å². The van der Waals surface area contributed by atoms with Crippen LogP contribution in [0.15, 0.2) is 198 Å². The molecule has 0 radical (unpaired) electrons. The molecule has 12 rings (SSSR count). The minimum atomic E-state index is -0.401. The highest BCUT2D eigenvalue weighted by Gasteiger charge is 2.25. The van der Waals surface area contributed by atoms with Crippen molar-refractivity contribution in [2.24, 2.45) is 9.98 Å². The summed E-state index contributed by atoms with van der Waals surface area (Å²) in [6.07, 6.45) is -0.401. The lowest BCUT2D eigenvalue weighted by molar-refractivity contribution is 0.516. The molecule has 0 saturated carbocycles. The molecule has 0 aliphatic carbocycles. The van der Waals surface area contributed by atoms with Crippen LogP contribution in [0.25, 0.3) is 86.0 Å². The van der Waals surface area contributed by atoms with E-state index in [0.717, 1.165) is 50.3 Å². The number of thiophene rings is 1. The molecule has 1 N–H and O–H groups in total. The third-order valence-electron chi connectivity index (χ3n) is 11.5. The largest absolute Gasteiger partial charge is 0.331 e. The molecule has 272 valence electrons. The van der Waals surface area contributed by atoms with Gasteiger partial charge in [-0.15, -0.1) is 11.3 Å².